The van der Waals surface area contributed by atoms with Gasteiger partial charge < -0.3 is 4.74 Å². The molecule has 0 bridgehead atoms. The molecule has 0 aliphatic heterocycles. The number of tetrazole rings is 1. The molecule has 0 atom stereocenters. The van der Waals surface area contributed by atoms with Gasteiger partial charge in [-0.25, -0.2) is 20.3 Å². The molecule has 0 aliphatic carbocycles. The zero-order chi connectivity index (χ0) is 13.8. The number of hydrazine groups is 1. The van der Waals surface area contributed by atoms with Crippen LogP contribution in [0.25, 0.3) is 0 Å². The Labute approximate surface area is 104 Å². The second-order valence-electron chi connectivity index (χ2n) is 4.41. The summed E-state index contributed by atoms with van der Waals surface area (Å²) in [7, 11) is 0. The number of H-pyrrole nitrogens is 1. The number of ether oxygens (including phenoxy) is 1. The highest BCUT2D eigenvalue weighted by atomic mass is 16.6. The molecule has 1 aromatic rings. The minimum atomic E-state index is -0.717. The van der Waals surface area contributed by atoms with Crippen molar-refractivity contribution >= 4 is 12.0 Å². The van der Waals surface area contributed by atoms with Crippen molar-refractivity contribution in [1.29, 1.82) is 0 Å². The summed E-state index contributed by atoms with van der Waals surface area (Å²) in [5, 5.41) is 13.4. The maximum Gasteiger partial charge on any atom is 0.426 e. The van der Waals surface area contributed by atoms with Crippen molar-refractivity contribution in [2.45, 2.75) is 33.3 Å². The lowest BCUT2D eigenvalue weighted by Gasteiger charge is -2.24. The predicted octanol–water partition coefficient (Wildman–Crippen LogP) is 0.102. The summed E-state index contributed by atoms with van der Waals surface area (Å²) >= 11 is 0. The fourth-order valence-corrected chi connectivity index (χ4v) is 1.06. The molecule has 1 rings (SSSR count). The fourth-order valence-electron chi connectivity index (χ4n) is 1.06. The van der Waals surface area contributed by atoms with E-state index < -0.39 is 17.6 Å². The van der Waals surface area contributed by atoms with E-state index in [9.17, 15) is 9.59 Å². The number of carbonyl (C=O) groups excluding carboxylic acids is 2. The van der Waals surface area contributed by atoms with Gasteiger partial charge in [0.25, 0.3) is 0 Å². The van der Waals surface area contributed by atoms with Crippen molar-refractivity contribution < 1.29 is 14.3 Å². The van der Waals surface area contributed by atoms with E-state index in [1.165, 1.54) is 0 Å². The van der Waals surface area contributed by atoms with Crippen molar-refractivity contribution in [3.05, 3.63) is 5.82 Å². The van der Waals surface area contributed by atoms with Gasteiger partial charge >= 0.3 is 12.0 Å². The van der Waals surface area contributed by atoms with Gasteiger partial charge in [0, 0.05) is 6.54 Å². The lowest BCUT2D eigenvalue weighted by atomic mass is 10.2. The van der Waals surface area contributed by atoms with Crippen LogP contribution in [0.5, 0.6) is 0 Å². The highest BCUT2D eigenvalue weighted by Crippen LogP contribution is 2.06. The fraction of sp³-hybridized carbons (Fsp3) is 0.667. The second-order valence-corrected chi connectivity index (χ2v) is 4.41. The molecule has 0 radical (unpaired) electrons. The molecule has 1 heterocycles. The number of amides is 2. The van der Waals surface area contributed by atoms with E-state index in [1.807, 2.05) is 0 Å². The molecule has 2 amide bonds. The van der Waals surface area contributed by atoms with Crippen LogP contribution in [0.1, 0.15) is 38.3 Å². The SMILES string of the molecule is CCN(NC(=O)OC(C)(C)C)C(=O)c1nnn[nH]1. The first kappa shape index (κ1) is 13.9. The minimum absolute atomic E-state index is 0.0621. The zero-order valence-electron chi connectivity index (χ0n) is 10.7. The summed E-state index contributed by atoms with van der Waals surface area (Å²) in [6.45, 7) is 7.12. The Morgan fingerprint density at radius 2 is 2.11 bits per heavy atom. The first-order chi connectivity index (χ1) is 8.33. The van der Waals surface area contributed by atoms with Gasteiger partial charge in [-0.15, -0.1) is 5.10 Å². The van der Waals surface area contributed by atoms with Crippen LogP contribution < -0.4 is 5.43 Å². The van der Waals surface area contributed by atoms with Crippen LogP contribution in [-0.2, 0) is 4.74 Å². The third-order valence-electron chi connectivity index (χ3n) is 1.73. The molecule has 0 spiro atoms. The Morgan fingerprint density at radius 1 is 1.44 bits per heavy atom. The molecule has 0 saturated carbocycles. The van der Waals surface area contributed by atoms with Gasteiger partial charge in [0.15, 0.2) is 0 Å². The zero-order valence-corrected chi connectivity index (χ0v) is 10.7. The van der Waals surface area contributed by atoms with Crippen molar-refractivity contribution in [3.63, 3.8) is 0 Å². The minimum Gasteiger partial charge on any atom is -0.443 e. The molecule has 100 valence electrons. The van der Waals surface area contributed by atoms with E-state index in [4.69, 9.17) is 4.74 Å². The lowest BCUT2D eigenvalue weighted by Crippen LogP contribution is -2.48. The third kappa shape index (κ3) is 4.00. The average molecular weight is 256 g/mol. The number of rotatable bonds is 2. The molecule has 9 heteroatoms. The van der Waals surface area contributed by atoms with Crippen molar-refractivity contribution in [2.24, 2.45) is 0 Å². The predicted molar refractivity (Wildman–Crippen MR) is 60.3 cm³/mol. The molecule has 18 heavy (non-hydrogen) atoms. The molecule has 0 saturated heterocycles. The first-order valence-corrected chi connectivity index (χ1v) is 5.38. The summed E-state index contributed by atoms with van der Waals surface area (Å²) in [6.07, 6.45) is -0.717. The molecule has 2 N–H and O–H groups in total. The number of hydrogen-bond donors (Lipinski definition) is 2. The first-order valence-electron chi connectivity index (χ1n) is 5.38. The van der Waals surface area contributed by atoms with Gasteiger partial charge in [-0.3, -0.25) is 4.79 Å². The van der Waals surface area contributed by atoms with E-state index in [0.717, 1.165) is 5.01 Å². The Hall–Kier alpha value is -2.19. The normalized spacial score (nSPS) is 10.9. The van der Waals surface area contributed by atoms with Gasteiger partial charge in [-0.2, -0.15) is 0 Å². The summed E-state index contributed by atoms with van der Waals surface area (Å²) < 4.78 is 5.03. The maximum atomic E-state index is 11.8. The van der Waals surface area contributed by atoms with Crippen molar-refractivity contribution in [2.75, 3.05) is 6.54 Å². The molecule has 0 unspecified atom stereocenters. The standard InChI is InChI=1S/C9H16N6O3/c1-5-15(7(16)6-10-13-14-11-6)12-8(17)18-9(2,3)4/h5H2,1-4H3,(H,12,17)(H,10,11,13,14). The van der Waals surface area contributed by atoms with Crippen molar-refractivity contribution in [1.82, 2.24) is 31.1 Å². The lowest BCUT2D eigenvalue weighted by molar-refractivity contribution is 0.0299. The summed E-state index contributed by atoms with van der Waals surface area (Å²) in [5.74, 6) is -0.610. The monoisotopic (exact) mass is 256 g/mol. The van der Waals surface area contributed by atoms with Crippen LogP contribution in [0.4, 0.5) is 4.79 Å². The second kappa shape index (κ2) is 5.43. The van der Waals surface area contributed by atoms with Gasteiger partial charge in [0.1, 0.15) is 5.60 Å². The van der Waals surface area contributed by atoms with E-state index >= 15 is 0 Å². The third-order valence-corrected chi connectivity index (χ3v) is 1.73. The van der Waals surface area contributed by atoms with Gasteiger partial charge in [0.05, 0.1) is 0 Å². The summed E-state index contributed by atoms with van der Waals surface area (Å²) in [5.41, 5.74) is 1.68. The smallest absolute Gasteiger partial charge is 0.426 e. The largest absolute Gasteiger partial charge is 0.443 e. The topological polar surface area (TPSA) is 113 Å². The Morgan fingerprint density at radius 3 is 2.56 bits per heavy atom. The van der Waals surface area contributed by atoms with E-state index in [-0.39, 0.29) is 12.4 Å². The number of aromatic amines is 1. The number of nitrogens with one attached hydrogen (secondary N) is 2. The number of nitrogens with zero attached hydrogens (tertiary/aromatic N) is 4. The Kier molecular flexibility index (Phi) is 4.18. The molecule has 0 fully saturated rings. The molecule has 0 aliphatic rings. The Balaban J connectivity index is 2.63. The van der Waals surface area contributed by atoms with E-state index in [2.05, 4.69) is 26.0 Å². The quantitative estimate of drug-likeness (QED) is 0.725. The van der Waals surface area contributed by atoms with Gasteiger partial charge in [-0.05, 0) is 38.1 Å². The van der Waals surface area contributed by atoms with Crippen molar-refractivity contribution in [3.8, 4) is 0 Å². The van der Waals surface area contributed by atoms with E-state index in [1.54, 1.807) is 27.7 Å². The highest BCUT2D eigenvalue weighted by Gasteiger charge is 2.23. The van der Waals surface area contributed by atoms with Crippen LogP contribution in [0.2, 0.25) is 0 Å². The Bertz CT molecular complexity index is 410. The number of hydrogen-bond acceptors (Lipinski definition) is 6. The highest BCUT2D eigenvalue weighted by molar-refractivity contribution is 5.91. The molecular formula is C9H16N6O3. The van der Waals surface area contributed by atoms with E-state index in [0.29, 0.717) is 0 Å². The summed E-state index contributed by atoms with van der Waals surface area (Å²) in [6, 6.07) is 0. The molecule has 9 nitrogen and oxygen atoms in total. The molecule has 1 aromatic heterocycles. The maximum absolute atomic E-state index is 11.8. The number of carbonyl (C=O) groups is 2. The molecule has 0 aromatic carbocycles. The van der Waals surface area contributed by atoms with Crippen LogP contribution in [0.15, 0.2) is 0 Å². The number of aromatic nitrogens is 4. The van der Waals surface area contributed by atoms with Crippen LogP contribution in [-0.4, -0.2) is 49.8 Å². The van der Waals surface area contributed by atoms with Crippen LogP contribution in [0, 0.1) is 0 Å². The van der Waals surface area contributed by atoms with Crippen LogP contribution >= 0.6 is 0 Å². The average Bonchev–Trinajstić information content (AvgIpc) is 2.75. The molecular weight excluding hydrogens is 240 g/mol. The van der Waals surface area contributed by atoms with Gasteiger partial charge in [0.2, 0.25) is 5.82 Å². The summed E-state index contributed by atoms with van der Waals surface area (Å²) in [4.78, 5) is 23.3. The van der Waals surface area contributed by atoms with Gasteiger partial charge in [-0.1, -0.05) is 0 Å². The van der Waals surface area contributed by atoms with Crippen LogP contribution in [0.3, 0.4) is 0 Å².